The number of anilines is 6. The number of fused-ring (bicyclic) bond motifs is 15. The topological polar surface area (TPSA) is 6.48 Å². The lowest BCUT2D eigenvalue weighted by atomic mass is 9.36. The second-order valence-corrected chi connectivity index (χ2v) is 22.1. The van der Waals surface area contributed by atoms with E-state index in [2.05, 4.69) is 263 Å². The molecule has 0 radical (unpaired) electrons. The molecule has 0 bridgehead atoms. The maximum absolute atomic E-state index is 2.64. The molecule has 0 fully saturated rings. The molecule has 1 aromatic heterocycles. The summed E-state index contributed by atoms with van der Waals surface area (Å²) in [4.78, 5) is 6.65. The summed E-state index contributed by atoms with van der Waals surface area (Å²) in [5, 5.41) is 0. The first kappa shape index (κ1) is 41.3. The Balaban J connectivity index is 1.10. The number of benzene rings is 9. The van der Waals surface area contributed by atoms with Crippen LogP contribution in [0.3, 0.4) is 0 Å². The Labute approximate surface area is 416 Å². The predicted molar refractivity (Wildman–Crippen MR) is 298 cm³/mol. The first-order valence-corrected chi connectivity index (χ1v) is 25.6. The molecule has 14 rings (SSSR count). The van der Waals surface area contributed by atoms with Gasteiger partial charge in [0.05, 0.1) is 11.1 Å². The maximum atomic E-state index is 2.64. The number of aryl methyl sites for hydroxylation is 3. The van der Waals surface area contributed by atoms with Crippen LogP contribution in [0, 0.1) is 20.8 Å². The van der Waals surface area contributed by atoms with E-state index in [-0.39, 0.29) is 12.1 Å². The smallest absolute Gasteiger partial charge is 0.264 e. The predicted octanol–water partition coefficient (Wildman–Crippen LogP) is 15.7. The molecule has 0 atom stereocenters. The highest BCUT2D eigenvalue weighted by Gasteiger charge is 2.57. The van der Waals surface area contributed by atoms with Crippen molar-refractivity contribution in [1.82, 2.24) is 0 Å². The van der Waals surface area contributed by atoms with Crippen molar-refractivity contribution >= 4 is 67.9 Å². The third-order valence-corrected chi connectivity index (χ3v) is 17.1. The van der Waals surface area contributed by atoms with Crippen LogP contribution in [0.4, 0.5) is 34.1 Å². The van der Waals surface area contributed by atoms with Gasteiger partial charge in [0.1, 0.15) is 0 Å². The standard InChI is InChI=1S/C66H51BN2S/c1-40-25-32-48(43-17-9-7-10-18-43)52(35-40)44-27-34-56-57(39-44)68(47-30-28-45(29-31-47)65(4,5)6)58-37-42(3)38-59-61(58)67(56)64-62(69(59)46-19-11-8-12-20-46)60-51-33-26-41(2)36-55(51)66(63(60)70-64)53-23-15-13-21-49(53)50-22-14-16-24-54(50)66/h7-39H,1-6H3. The lowest BCUT2D eigenvalue weighted by Crippen LogP contribution is -2.60. The largest absolute Gasteiger partial charge is 0.311 e. The van der Waals surface area contributed by atoms with Crippen LogP contribution in [0.1, 0.15) is 64.6 Å². The zero-order valence-corrected chi connectivity index (χ0v) is 41.2. The fraction of sp³-hybridized carbons (Fsp3) is 0.121. The van der Waals surface area contributed by atoms with Crippen LogP contribution in [0.2, 0.25) is 0 Å². The van der Waals surface area contributed by atoms with Crippen molar-refractivity contribution in [2.45, 2.75) is 52.4 Å². The van der Waals surface area contributed by atoms with Crippen molar-refractivity contribution in [3.8, 4) is 44.5 Å². The number of nitrogens with zero attached hydrogens (tertiary/aromatic N) is 2. The van der Waals surface area contributed by atoms with Crippen molar-refractivity contribution in [3.63, 3.8) is 0 Å². The summed E-state index contributed by atoms with van der Waals surface area (Å²) in [5.41, 5.74) is 29.2. The molecule has 0 amide bonds. The van der Waals surface area contributed by atoms with E-state index in [1.807, 2.05) is 0 Å². The van der Waals surface area contributed by atoms with Gasteiger partial charge in [0.15, 0.2) is 0 Å². The Morgan fingerprint density at radius 1 is 0.443 bits per heavy atom. The van der Waals surface area contributed by atoms with Crippen LogP contribution < -0.4 is 25.5 Å². The molecule has 0 saturated carbocycles. The van der Waals surface area contributed by atoms with E-state index >= 15 is 0 Å². The number of para-hydroxylation sites is 1. The van der Waals surface area contributed by atoms with Crippen LogP contribution in [0.5, 0.6) is 0 Å². The minimum absolute atomic E-state index is 0.0192. The molecule has 0 N–H and O–H groups in total. The SMILES string of the molecule is Cc1ccc(-c2ccccc2)c(-c2ccc3c(c2)N(c2ccc(C(C)(C)C)cc2)c2cc(C)cc4c2B3c2sc3c(c2N4c2ccccc2)-c2ccc(C)cc2C32c3ccccc3-c3ccccc32)c1. The van der Waals surface area contributed by atoms with Gasteiger partial charge in [0.25, 0.3) is 6.71 Å². The lowest BCUT2D eigenvalue weighted by molar-refractivity contribution is 0.590. The highest BCUT2D eigenvalue weighted by Crippen LogP contribution is 2.67. The second kappa shape index (κ2) is 14.9. The Kier molecular flexibility index (Phi) is 8.81. The van der Waals surface area contributed by atoms with E-state index in [0.717, 1.165) is 0 Å². The summed E-state index contributed by atoms with van der Waals surface area (Å²) in [6.07, 6.45) is 0. The molecule has 334 valence electrons. The van der Waals surface area contributed by atoms with Gasteiger partial charge in [-0.1, -0.05) is 190 Å². The summed E-state index contributed by atoms with van der Waals surface area (Å²) in [6.45, 7) is 13.7. The number of thiophene rings is 1. The average Bonchev–Trinajstić information content (AvgIpc) is 4.00. The van der Waals surface area contributed by atoms with Crippen LogP contribution >= 0.6 is 11.3 Å². The molecule has 4 aliphatic rings. The molecule has 2 aliphatic carbocycles. The molecular weight excluding hydrogens is 864 g/mol. The highest BCUT2D eigenvalue weighted by molar-refractivity contribution is 7.30. The minimum Gasteiger partial charge on any atom is -0.311 e. The molecule has 1 spiro atoms. The summed E-state index contributed by atoms with van der Waals surface area (Å²) in [6, 6.07) is 76.4. The van der Waals surface area contributed by atoms with Crippen molar-refractivity contribution in [2.75, 3.05) is 9.80 Å². The van der Waals surface area contributed by atoms with Gasteiger partial charge in [0, 0.05) is 43.7 Å². The van der Waals surface area contributed by atoms with Gasteiger partial charge in [-0.15, -0.1) is 11.3 Å². The van der Waals surface area contributed by atoms with Gasteiger partial charge < -0.3 is 9.80 Å². The summed E-state index contributed by atoms with van der Waals surface area (Å²) in [7, 11) is 0. The molecular formula is C66H51BN2S. The van der Waals surface area contributed by atoms with E-state index < -0.39 is 5.41 Å². The first-order chi connectivity index (χ1) is 34.1. The quantitative estimate of drug-likeness (QED) is 0.162. The summed E-state index contributed by atoms with van der Waals surface area (Å²) >= 11 is 2.06. The Morgan fingerprint density at radius 2 is 1.04 bits per heavy atom. The normalized spacial score (nSPS) is 14.2. The van der Waals surface area contributed by atoms with E-state index in [4.69, 9.17) is 0 Å². The zero-order valence-electron chi connectivity index (χ0n) is 40.4. The number of rotatable bonds is 4. The minimum atomic E-state index is -0.458. The van der Waals surface area contributed by atoms with E-state index in [9.17, 15) is 0 Å². The van der Waals surface area contributed by atoms with Gasteiger partial charge in [-0.2, -0.15) is 0 Å². The van der Waals surface area contributed by atoms with Crippen molar-refractivity contribution in [2.24, 2.45) is 0 Å². The summed E-state index contributed by atoms with van der Waals surface area (Å²) < 4.78 is 1.40. The molecule has 4 heteroatoms. The van der Waals surface area contributed by atoms with Crippen LogP contribution in [-0.4, -0.2) is 6.71 Å². The first-order valence-electron chi connectivity index (χ1n) is 24.8. The fourth-order valence-electron chi connectivity index (χ4n) is 12.7. The molecule has 0 saturated heterocycles. The van der Waals surface area contributed by atoms with Crippen molar-refractivity contribution in [3.05, 3.63) is 244 Å². The number of hydrogen-bond acceptors (Lipinski definition) is 3. The Morgan fingerprint density at radius 3 is 1.73 bits per heavy atom. The molecule has 0 unspecified atom stereocenters. The van der Waals surface area contributed by atoms with Gasteiger partial charge in [-0.3, -0.25) is 0 Å². The Bertz CT molecular complexity index is 3760. The second-order valence-electron chi connectivity index (χ2n) is 21.1. The third-order valence-electron chi connectivity index (χ3n) is 15.7. The zero-order chi connectivity index (χ0) is 47.2. The third kappa shape index (κ3) is 5.69. The highest BCUT2D eigenvalue weighted by atomic mass is 32.1. The molecule has 9 aromatic carbocycles. The van der Waals surface area contributed by atoms with Gasteiger partial charge in [-0.25, -0.2) is 0 Å². The van der Waals surface area contributed by atoms with Gasteiger partial charge >= 0.3 is 0 Å². The Hall–Kier alpha value is -7.66. The van der Waals surface area contributed by atoms with E-state index in [1.54, 1.807) is 0 Å². The molecule has 70 heavy (non-hydrogen) atoms. The summed E-state index contributed by atoms with van der Waals surface area (Å²) in [5.74, 6) is 0. The van der Waals surface area contributed by atoms with Gasteiger partial charge in [-0.05, 0) is 146 Å². The van der Waals surface area contributed by atoms with Crippen LogP contribution in [0.25, 0.3) is 44.5 Å². The molecule has 2 nitrogen and oxygen atoms in total. The molecule has 2 aliphatic heterocycles. The fourth-order valence-corrected chi connectivity index (χ4v) is 14.4. The monoisotopic (exact) mass is 914 g/mol. The van der Waals surface area contributed by atoms with Crippen LogP contribution in [-0.2, 0) is 10.8 Å². The molecule has 10 aromatic rings. The van der Waals surface area contributed by atoms with E-state index in [0.29, 0.717) is 0 Å². The lowest BCUT2D eigenvalue weighted by Gasteiger charge is -2.44. The average molecular weight is 915 g/mol. The van der Waals surface area contributed by atoms with Crippen LogP contribution in [0.15, 0.2) is 200 Å². The number of hydrogen-bond donors (Lipinski definition) is 0. The van der Waals surface area contributed by atoms with Gasteiger partial charge in [0.2, 0.25) is 0 Å². The van der Waals surface area contributed by atoms with Crippen molar-refractivity contribution in [1.29, 1.82) is 0 Å². The maximum Gasteiger partial charge on any atom is 0.264 e. The van der Waals surface area contributed by atoms with E-state index in [1.165, 1.54) is 138 Å². The molecule has 3 heterocycles. The van der Waals surface area contributed by atoms with Crippen molar-refractivity contribution < 1.29 is 0 Å².